The number of likely N-dealkylation sites (N-methyl/N-ethyl adjacent to an activating group) is 1. The second kappa shape index (κ2) is 7.38. The van der Waals surface area contributed by atoms with E-state index in [2.05, 4.69) is 47.5 Å². The van der Waals surface area contributed by atoms with Gasteiger partial charge in [0, 0.05) is 70.5 Å². The number of hydrogen-bond donors (Lipinski definition) is 1. The molecule has 0 amide bonds. The van der Waals surface area contributed by atoms with Crippen molar-refractivity contribution in [3.63, 3.8) is 0 Å². The van der Waals surface area contributed by atoms with Gasteiger partial charge in [0.2, 0.25) is 0 Å². The standard InChI is InChI=1S/C16H35N5/c1-15(2)20-6-5-16(13-17,14-20)21-11-9-19(10-12-21)8-7-18(3)4/h15H,5-14,17H2,1-4H3. The Balaban J connectivity index is 1.85. The van der Waals surface area contributed by atoms with E-state index in [0.29, 0.717) is 6.04 Å². The van der Waals surface area contributed by atoms with E-state index in [1.54, 1.807) is 0 Å². The van der Waals surface area contributed by atoms with E-state index in [0.717, 1.165) is 19.6 Å². The number of nitrogens with zero attached hydrogens (tertiary/aromatic N) is 4. The summed E-state index contributed by atoms with van der Waals surface area (Å²) < 4.78 is 0. The fourth-order valence-electron chi connectivity index (χ4n) is 3.67. The molecule has 2 aliphatic heterocycles. The van der Waals surface area contributed by atoms with E-state index in [-0.39, 0.29) is 5.54 Å². The van der Waals surface area contributed by atoms with Gasteiger partial charge < -0.3 is 10.6 Å². The summed E-state index contributed by atoms with van der Waals surface area (Å²) in [5.41, 5.74) is 6.44. The molecule has 1 atom stereocenters. The molecule has 2 saturated heterocycles. The Morgan fingerprint density at radius 3 is 2.24 bits per heavy atom. The lowest BCUT2D eigenvalue weighted by Crippen LogP contribution is -2.61. The average molecular weight is 297 g/mol. The zero-order valence-corrected chi connectivity index (χ0v) is 14.5. The van der Waals surface area contributed by atoms with E-state index < -0.39 is 0 Å². The highest BCUT2D eigenvalue weighted by Gasteiger charge is 2.43. The Labute approximate surface area is 131 Å². The minimum Gasteiger partial charge on any atom is -0.329 e. The number of nitrogens with two attached hydrogens (primary N) is 1. The molecule has 2 heterocycles. The Kier molecular flexibility index (Phi) is 6.03. The summed E-state index contributed by atoms with van der Waals surface area (Å²) in [6.07, 6.45) is 1.24. The number of hydrogen-bond acceptors (Lipinski definition) is 5. The van der Waals surface area contributed by atoms with Crippen LogP contribution in [0.25, 0.3) is 0 Å². The monoisotopic (exact) mass is 297 g/mol. The molecule has 2 N–H and O–H groups in total. The zero-order chi connectivity index (χ0) is 15.5. The third kappa shape index (κ3) is 4.17. The lowest BCUT2D eigenvalue weighted by Gasteiger charge is -2.45. The van der Waals surface area contributed by atoms with Gasteiger partial charge in [-0.05, 0) is 34.4 Å². The van der Waals surface area contributed by atoms with Gasteiger partial charge in [0.05, 0.1) is 0 Å². The zero-order valence-electron chi connectivity index (χ0n) is 14.5. The van der Waals surface area contributed by atoms with E-state index in [1.807, 2.05) is 0 Å². The number of rotatable bonds is 6. The fraction of sp³-hybridized carbons (Fsp3) is 1.00. The highest BCUT2D eigenvalue weighted by atomic mass is 15.3. The topological polar surface area (TPSA) is 39.0 Å². The molecular formula is C16H35N5. The lowest BCUT2D eigenvalue weighted by molar-refractivity contribution is 0.0370. The van der Waals surface area contributed by atoms with Crippen LogP contribution in [0.2, 0.25) is 0 Å². The Morgan fingerprint density at radius 2 is 1.76 bits per heavy atom. The molecule has 2 fully saturated rings. The Bertz CT molecular complexity index is 312. The molecule has 0 bridgehead atoms. The largest absolute Gasteiger partial charge is 0.329 e. The van der Waals surface area contributed by atoms with Gasteiger partial charge in [-0.25, -0.2) is 0 Å². The molecule has 1 unspecified atom stereocenters. The van der Waals surface area contributed by atoms with Crippen molar-refractivity contribution in [1.82, 2.24) is 19.6 Å². The van der Waals surface area contributed by atoms with E-state index in [4.69, 9.17) is 5.73 Å². The van der Waals surface area contributed by atoms with Gasteiger partial charge in [-0.3, -0.25) is 14.7 Å². The molecule has 2 rings (SSSR count). The predicted octanol–water partition coefficient (Wildman–Crippen LogP) is -0.0228. The highest BCUT2D eigenvalue weighted by Crippen LogP contribution is 2.29. The van der Waals surface area contributed by atoms with E-state index in [9.17, 15) is 0 Å². The summed E-state index contributed by atoms with van der Waals surface area (Å²) in [6, 6.07) is 0.639. The van der Waals surface area contributed by atoms with Crippen molar-refractivity contribution in [3.05, 3.63) is 0 Å². The Morgan fingerprint density at radius 1 is 1.10 bits per heavy atom. The molecule has 0 aromatic rings. The van der Waals surface area contributed by atoms with Gasteiger partial charge in [-0.2, -0.15) is 0 Å². The molecule has 21 heavy (non-hydrogen) atoms. The normalized spacial score (nSPS) is 29.9. The van der Waals surface area contributed by atoms with Crippen LogP contribution < -0.4 is 5.73 Å². The van der Waals surface area contributed by atoms with Gasteiger partial charge in [0.1, 0.15) is 0 Å². The molecule has 0 aliphatic carbocycles. The summed E-state index contributed by atoms with van der Waals surface area (Å²) in [6.45, 7) is 14.8. The van der Waals surface area contributed by atoms with Crippen molar-refractivity contribution < 1.29 is 0 Å². The molecule has 0 saturated carbocycles. The summed E-state index contributed by atoms with van der Waals surface area (Å²) in [7, 11) is 4.30. The van der Waals surface area contributed by atoms with Crippen molar-refractivity contribution in [2.24, 2.45) is 5.73 Å². The molecule has 0 spiro atoms. The van der Waals surface area contributed by atoms with Crippen LogP contribution >= 0.6 is 0 Å². The van der Waals surface area contributed by atoms with Crippen LogP contribution in [-0.4, -0.2) is 104 Å². The molecule has 0 aromatic carbocycles. The average Bonchev–Trinajstić information content (AvgIpc) is 2.91. The SMILES string of the molecule is CC(C)N1CCC(CN)(N2CCN(CCN(C)C)CC2)C1. The molecule has 124 valence electrons. The first-order valence-electron chi connectivity index (χ1n) is 8.53. The van der Waals surface area contributed by atoms with Gasteiger partial charge in [0.25, 0.3) is 0 Å². The molecule has 0 aromatic heterocycles. The summed E-state index contributed by atoms with van der Waals surface area (Å²) >= 11 is 0. The van der Waals surface area contributed by atoms with Crippen LogP contribution in [0.1, 0.15) is 20.3 Å². The third-order valence-corrected chi connectivity index (χ3v) is 5.38. The van der Waals surface area contributed by atoms with Crippen molar-refractivity contribution in [2.45, 2.75) is 31.8 Å². The molecule has 5 heteroatoms. The van der Waals surface area contributed by atoms with Gasteiger partial charge >= 0.3 is 0 Å². The number of likely N-dealkylation sites (tertiary alicyclic amines) is 1. The quantitative estimate of drug-likeness (QED) is 0.746. The summed E-state index contributed by atoms with van der Waals surface area (Å²) in [5, 5.41) is 0. The molecule has 5 nitrogen and oxygen atoms in total. The highest BCUT2D eigenvalue weighted by molar-refractivity contribution is 5.02. The maximum Gasteiger partial charge on any atom is 0.0471 e. The maximum absolute atomic E-state index is 6.21. The van der Waals surface area contributed by atoms with Crippen molar-refractivity contribution in [2.75, 3.05) is 73.0 Å². The fourth-order valence-corrected chi connectivity index (χ4v) is 3.67. The summed E-state index contributed by atoms with van der Waals surface area (Å²) in [5.74, 6) is 0. The second-order valence-electron chi connectivity index (χ2n) is 7.37. The Hall–Kier alpha value is -0.200. The first-order chi connectivity index (χ1) is 9.97. The minimum absolute atomic E-state index is 0.234. The van der Waals surface area contributed by atoms with Crippen LogP contribution in [0.5, 0.6) is 0 Å². The number of piperazine rings is 1. The van der Waals surface area contributed by atoms with Crippen LogP contribution in [-0.2, 0) is 0 Å². The first kappa shape index (κ1) is 17.2. The maximum atomic E-state index is 6.21. The lowest BCUT2D eigenvalue weighted by atomic mass is 9.95. The third-order valence-electron chi connectivity index (χ3n) is 5.38. The smallest absolute Gasteiger partial charge is 0.0471 e. The first-order valence-corrected chi connectivity index (χ1v) is 8.53. The predicted molar refractivity (Wildman–Crippen MR) is 89.7 cm³/mol. The van der Waals surface area contributed by atoms with E-state index in [1.165, 1.54) is 45.7 Å². The van der Waals surface area contributed by atoms with Gasteiger partial charge in [-0.1, -0.05) is 0 Å². The minimum atomic E-state index is 0.234. The molecule has 2 aliphatic rings. The summed E-state index contributed by atoms with van der Waals surface area (Å²) in [4.78, 5) is 10.1. The van der Waals surface area contributed by atoms with Crippen molar-refractivity contribution in [1.29, 1.82) is 0 Å². The van der Waals surface area contributed by atoms with Crippen molar-refractivity contribution in [3.8, 4) is 0 Å². The molecule has 0 radical (unpaired) electrons. The van der Waals surface area contributed by atoms with Crippen LogP contribution in [0.3, 0.4) is 0 Å². The van der Waals surface area contributed by atoms with E-state index >= 15 is 0 Å². The van der Waals surface area contributed by atoms with Gasteiger partial charge in [0.15, 0.2) is 0 Å². The molecular weight excluding hydrogens is 262 g/mol. The van der Waals surface area contributed by atoms with Gasteiger partial charge in [-0.15, -0.1) is 0 Å². The van der Waals surface area contributed by atoms with Crippen LogP contribution in [0.4, 0.5) is 0 Å². The van der Waals surface area contributed by atoms with Crippen molar-refractivity contribution >= 4 is 0 Å². The second-order valence-corrected chi connectivity index (χ2v) is 7.37. The van der Waals surface area contributed by atoms with Crippen LogP contribution in [0, 0.1) is 0 Å². The van der Waals surface area contributed by atoms with Crippen LogP contribution in [0.15, 0.2) is 0 Å².